The van der Waals surface area contributed by atoms with Crippen LogP contribution in [0.2, 0.25) is 0 Å². The van der Waals surface area contributed by atoms with E-state index in [1.54, 1.807) is 13.0 Å². The van der Waals surface area contributed by atoms with Crippen molar-refractivity contribution in [1.29, 1.82) is 5.26 Å². The Hall–Kier alpha value is -2.27. The molecule has 16 heavy (non-hydrogen) atoms. The van der Waals surface area contributed by atoms with Crippen LogP contribution in [0.15, 0.2) is 52.5 Å². The lowest BCUT2D eigenvalue weighted by atomic mass is 10.2. The zero-order valence-corrected chi connectivity index (χ0v) is 8.97. The van der Waals surface area contributed by atoms with Gasteiger partial charge in [0, 0.05) is 11.1 Å². The first-order valence-electron chi connectivity index (χ1n) is 5.03. The van der Waals surface area contributed by atoms with Crippen LogP contribution in [0.25, 0.3) is 17.4 Å². The summed E-state index contributed by atoms with van der Waals surface area (Å²) in [4.78, 5) is 0. The Balaban J connectivity index is 2.31. The van der Waals surface area contributed by atoms with Gasteiger partial charge in [-0.25, -0.2) is 0 Å². The van der Waals surface area contributed by atoms with E-state index in [0.717, 1.165) is 11.3 Å². The molecule has 1 heterocycles. The van der Waals surface area contributed by atoms with E-state index < -0.39 is 0 Å². The number of furan rings is 1. The van der Waals surface area contributed by atoms with Gasteiger partial charge in [-0.15, -0.1) is 0 Å². The minimum absolute atomic E-state index is 0.633. The first-order chi connectivity index (χ1) is 7.79. The minimum Gasteiger partial charge on any atom is -0.457 e. The van der Waals surface area contributed by atoms with Gasteiger partial charge in [-0.1, -0.05) is 30.3 Å². The van der Waals surface area contributed by atoms with E-state index >= 15 is 0 Å². The highest BCUT2D eigenvalue weighted by atomic mass is 16.3. The second-order valence-electron chi connectivity index (χ2n) is 3.51. The van der Waals surface area contributed by atoms with E-state index in [1.165, 1.54) is 0 Å². The second-order valence-corrected chi connectivity index (χ2v) is 3.51. The summed E-state index contributed by atoms with van der Waals surface area (Å²) in [5.74, 6) is 1.52. The first kappa shape index (κ1) is 10.3. The van der Waals surface area contributed by atoms with Crippen LogP contribution in [-0.2, 0) is 0 Å². The molecule has 0 aliphatic heterocycles. The largest absolute Gasteiger partial charge is 0.457 e. The number of nitriles is 1. The SMILES string of the molecule is C/C(C#N)=C\c1ccc(-c2ccccc2)o1. The van der Waals surface area contributed by atoms with Crippen LogP contribution in [0.3, 0.4) is 0 Å². The normalized spacial score (nSPS) is 11.1. The van der Waals surface area contributed by atoms with E-state index in [1.807, 2.05) is 42.5 Å². The van der Waals surface area contributed by atoms with Crippen molar-refractivity contribution in [1.82, 2.24) is 0 Å². The van der Waals surface area contributed by atoms with Gasteiger partial charge in [0.1, 0.15) is 11.5 Å². The van der Waals surface area contributed by atoms with Crippen LogP contribution < -0.4 is 0 Å². The van der Waals surface area contributed by atoms with Crippen LogP contribution in [0.1, 0.15) is 12.7 Å². The molecule has 1 aromatic heterocycles. The lowest BCUT2D eigenvalue weighted by Gasteiger charge is -1.94. The molecule has 0 aliphatic rings. The highest BCUT2D eigenvalue weighted by molar-refractivity contribution is 5.61. The predicted octanol–water partition coefficient (Wildman–Crippen LogP) is 3.87. The molecule has 0 fully saturated rings. The van der Waals surface area contributed by atoms with Gasteiger partial charge in [0.15, 0.2) is 0 Å². The maximum Gasteiger partial charge on any atom is 0.134 e. The van der Waals surface area contributed by atoms with Gasteiger partial charge in [0.25, 0.3) is 0 Å². The quantitative estimate of drug-likeness (QED) is 0.704. The molecule has 0 spiro atoms. The van der Waals surface area contributed by atoms with Crippen LogP contribution in [0.5, 0.6) is 0 Å². The van der Waals surface area contributed by atoms with Crippen LogP contribution in [-0.4, -0.2) is 0 Å². The third-order valence-electron chi connectivity index (χ3n) is 2.22. The second kappa shape index (κ2) is 4.50. The highest BCUT2D eigenvalue weighted by Crippen LogP contribution is 2.22. The maximum atomic E-state index is 8.66. The number of rotatable bonds is 2. The van der Waals surface area contributed by atoms with Crippen LogP contribution in [0, 0.1) is 11.3 Å². The van der Waals surface area contributed by atoms with Gasteiger partial charge in [0.2, 0.25) is 0 Å². The van der Waals surface area contributed by atoms with Gasteiger partial charge >= 0.3 is 0 Å². The van der Waals surface area contributed by atoms with Crippen LogP contribution >= 0.6 is 0 Å². The third-order valence-corrected chi connectivity index (χ3v) is 2.22. The summed E-state index contributed by atoms with van der Waals surface area (Å²) >= 11 is 0. The molecule has 0 bridgehead atoms. The summed E-state index contributed by atoms with van der Waals surface area (Å²) in [6.45, 7) is 1.75. The molecule has 0 atom stereocenters. The first-order valence-corrected chi connectivity index (χ1v) is 5.03. The maximum absolute atomic E-state index is 8.66. The highest BCUT2D eigenvalue weighted by Gasteiger charge is 2.02. The molecule has 0 saturated carbocycles. The Labute approximate surface area is 94.4 Å². The standard InChI is InChI=1S/C14H11NO/c1-11(10-15)9-13-7-8-14(16-13)12-5-3-2-4-6-12/h2-9H,1H3/b11-9+. The Bertz CT molecular complexity index is 544. The number of hydrogen-bond donors (Lipinski definition) is 0. The third kappa shape index (κ3) is 2.21. The van der Waals surface area contributed by atoms with E-state index in [-0.39, 0.29) is 0 Å². The zero-order valence-electron chi connectivity index (χ0n) is 8.97. The van der Waals surface area contributed by atoms with Crippen LogP contribution in [0.4, 0.5) is 0 Å². The monoisotopic (exact) mass is 209 g/mol. The lowest BCUT2D eigenvalue weighted by molar-refractivity contribution is 0.571. The Morgan fingerprint density at radius 3 is 2.62 bits per heavy atom. The molecular formula is C14H11NO. The summed E-state index contributed by atoms with van der Waals surface area (Å²) in [6.07, 6.45) is 1.73. The molecule has 78 valence electrons. The van der Waals surface area contributed by atoms with E-state index in [9.17, 15) is 0 Å². The van der Waals surface area contributed by atoms with Crippen molar-refractivity contribution < 1.29 is 4.42 Å². The molecule has 0 aliphatic carbocycles. The molecule has 0 saturated heterocycles. The molecule has 2 nitrogen and oxygen atoms in total. The van der Waals surface area contributed by atoms with Gasteiger partial charge in [0.05, 0.1) is 6.07 Å². The summed E-state index contributed by atoms with van der Waals surface area (Å²) in [5, 5.41) is 8.66. The van der Waals surface area contributed by atoms with Crippen molar-refractivity contribution >= 4 is 6.08 Å². The average molecular weight is 209 g/mol. The molecule has 0 unspecified atom stereocenters. The van der Waals surface area contributed by atoms with Crippen molar-refractivity contribution in [3.8, 4) is 17.4 Å². The van der Waals surface area contributed by atoms with E-state index in [2.05, 4.69) is 6.07 Å². The number of benzene rings is 1. The van der Waals surface area contributed by atoms with Gasteiger partial charge in [-0.3, -0.25) is 0 Å². The van der Waals surface area contributed by atoms with E-state index in [4.69, 9.17) is 9.68 Å². The number of allylic oxidation sites excluding steroid dienone is 1. The van der Waals surface area contributed by atoms with Crippen molar-refractivity contribution in [3.63, 3.8) is 0 Å². The molecule has 2 rings (SSSR count). The van der Waals surface area contributed by atoms with Crippen molar-refractivity contribution in [2.45, 2.75) is 6.92 Å². The van der Waals surface area contributed by atoms with Gasteiger partial charge < -0.3 is 4.42 Å². The molecule has 0 N–H and O–H groups in total. The molecule has 1 aromatic carbocycles. The fourth-order valence-corrected chi connectivity index (χ4v) is 1.43. The number of hydrogen-bond acceptors (Lipinski definition) is 2. The topological polar surface area (TPSA) is 36.9 Å². The zero-order chi connectivity index (χ0) is 11.4. The van der Waals surface area contributed by atoms with Crippen molar-refractivity contribution in [3.05, 3.63) is 53.8 Å². The number of nitrogens with zero attached hydrogens (tertiary/aromatic N) is 1. The molecule has 0 amide bonds. The van der Waals surface area contributed by atoms with Crippen molar-refractivity contribution in [2.75, 3.05) is 0 Å². The van der Waals surface area contributed by atoms with Gasteiger partial charge in [-0.05, 0) is 25.1 Å². The smallest absolute Gasteiger partial charge is 0.134 e. The Morgan fingerprint density at radius 1 is 1.19 bits per heavy atom. The molecule has 2 aromatic rings. The van der Waals surface area contributed by atoms with E-state index in [0.29, 0.717) is 11.3 Å². The van der Waals surface area contributed by atoms with Crippen molar-refractivity contribution in [2.24, 2.45) is 0 Å². The predicted molar refractivity (Wildman–Crippen MR) is 63.4 cm³/mol. The Morgan fingerprint density at radius 2 is 1.94 bits per heavy atom. The summed E-state index contributed by atoms with van der Waals surface area (Å²) < 4.78 is 5.61. The Kier molecular flexibility index (Phi) is 2.88. The summed E-state index contributed by atoms with van der Waals surface area (Å²) in [6, 6.07) is 15.7. The fourth-order valence-electron chi connectivity index (χ4n) is 1.43. The molecular weight excluding hydrogens is 198 g/mol. The summed E-state index contributed by atoms with van der Waals surface area (Å²) in [5.41, 5.74) is 1.67. The lowest BCUT2D eigenvalue weighted by Crippen LogP contribution is -1.71. The minimum atomic E-state index is 0.633. The summed E-state index contributed by atoms with van der Waals surface area (Å²) in [7, 11) is 0. The fraction of sp³-hybridized carbons (Fsp3) is 0.0714. The molecule has 2 heteroatoms. The average Bonchev–Trinajstić information content (AvgIpc) is 2.78. The molecule has 0 radical (unpaired) electrons. The van der Waals surface area contributed by atoms with Gasteiger partial charge in [-0.2, -0.15) is 5.26 Å².